The third-order valence-corrected chi connectivity index (χ3v) is 4.58. The van der Waals surface area contributed by atoms with Crippen molar-refractivity contribution in [3.8, 4) is 0 Å². The van der Waals surface area contributed by atoms with Gasteiger partial charge in [-0.15, -0.1) is 0 Å². The second-order valence-electron chi connectivity index (χ2n) is 5.92. The van der Waals surface area contributed by atoms with Crippen molar-refractivity contribution in [2.24, 2.45) is 5.92 Å². The second kappa shape index (κ2) is 6.28. The highest BCUT2D eigenvalue weighted by Crippen LogP contribution is 2.26. The van der Waals surface area contributed by atoms with Crippen LogP contribution in [0.4, 0.5) is 0 Å². The van der Waals surface area contributed by atoms with E-state index >= 15 is 0 Å². The highest BCUT2D eigenvalue weighted by atomic mass is 32.2. The van der Waals surface area contributed by atoms with E-state index < -0.39 is 15.6 Å². The smallest absolute Gasteiger partial charge is 0.211 e. The molecule has 1 atom stereocenters. The lowest BCUT2D eigenvalue weighted by Crippen LogP contribution is -2.39. The van der Waals surface area contributed by atoms with Crippen molar-refractivity contribution in [3.63, 3.8) is 0 Å². The Balaban J connectivity index is 2.70. The molecule has 1 heterocycles. The number of hydrogen-bond donors (Lipinski definition) is 2. The average molecular weight is 303 g/mol. The lowest BCUT2D eigenvalue weighted by atomic mass is 9.97. The van der Waals surface area contributed by atoms with E-state index in [1.54, 1.807) is 26.8 Å². The molecule has 1 rings (SSSR count). The fourth-order valence-corrected chi connectivity index (χ4v) is 3.40. The summed E-state index contributed by atoms with van der Waals surface area (Å²) in [7, 11) is -3.36. The largest absolute Gasteiger partial charge is 0.466 e. The van der Waals surface area contributed by atoms with Crippen LogP contribution in [0.3, 0.4) is 0 Å². The van der Waals surface area contributed by atoms with Crippen LogP contribution in [0.15, 0.2) is 10.5 Å². The summed E-state index contributed by atoms with van der Waals surface area (Å²) < 4.78 is 31.6. The summed E-state index contributed by atoms with van der Waals surface area (Å²) in [4.78, 5) is 0. The molecule has 116 valence electrons. The molecule has 0 bridgehead atoms. The topological polar surface area (TPSA) is 79.5 Å². The second-order valence-corrected chi connectivity index (χ2v) is 7.85. The fraction of sp³-hybridized carbons (Fsp3) is 0.714. The van der Waals surface area contributed by atoms with Crippen LogP contribution in [0, 0.1) is 19.8 Å². The number of furan rings is 1. The Hall–Kier alpha value is -0.850. The molecular weight excluding hydrogens is 278 g/mol. The zero-order valence-electron chi connectivity index (χ0n) is 12.9. The van der Waals surface area contributed by atoms with Crippen molar-refractivity contribution >= 4 is 10.0 Å². The summed E-state index contributed by atoms with van der Waals surface area (Å²) in [5.41, 5.74) is -0.672. The summed E-state index contributed by atoms with van der Waals surface area (Å²) >= 11 is 0. The van der Waals surface area contributed by atoms with Gasteiger partial charge in [-0.1, -0.05) is 13.8 Å². The van der Waals surface area contributed by atoms with E-state index in [9.17, 15) is 13.5 Å². The van der Waals surface area contributed by atoms with Gasteiger partial charge in [0.2, 0.25) is 10.0 Å². The molecule has 0 fully saturated rings. The van der Waals surface area contributed by atoms with Crippen molar-refractivity contribution in [1.29, 1.82) is 0 Å². The van der Waals surface area contributed by atoms with Gasteiger partial charge in [-0.2, -0.15) is 0 Å². The Morgan fingerprint density at radius 2 is 2.00 bits per heavy atom. The van der Waals surface area contributed by atoms with Crippen molar-refractivity contribution < 1.29 is 17.9 Å². The molecule has 1 aromatic heterocycles. The number of aliphatic hydroxyl groups is 1. The van der Waals surface area contributed by atoms with E-state index in [1.807, 2.05) is 13.8 Å². The van der Waals surface area contributed by atoms with Gasteiger partial charge in [0.25, 0.3) is 0 Å². The molecule has 1 unspecified atom stereocenters. The van der Waals surface area contributed by atoms with Gasteiger partial charge < -0.3 is 9.52 Å². The molecular formula is C14H25NO4S. The van der Waals surface area contributed by atoms with Gasteiger partial charge in [-0.05, 0) is 39.2 Å². The third-order valence-electron chi connectivity index (χ3n) is 3.22. The monoisotopic (exact) mass is 303 g/mol. The molecule has 0 spiro atoms. The Morgan fingerprint density at radius 1 is 1.40 bits per heavy atom. The maximum absolute atomic E-state index is 11.9. The van der Waals surface area contributed by atoms with E-state index in [0.29, 0.717) is 29.4 Å². The molecule has 5 nitrogen and oxygen atoms in total. The summed E-state index contributed by atoms with van der Waals surface area (Å²) in [5.74, 6) is 1.70. The summed E-state index contributed by atoms with van der Waals surface area (Å²) in [6.45, 7) is 9.01. The van der Waals surface area contributed by atoms with Crippen LogP contribution in [0.25, 0.3) is 0 Å². The first kappa shape index (κ1) is 17.2. The van der Waals surface area contributed by atoms with Crippen LogP contribution in [-0.4, -0.2) is 25.8 Å². The SMILES string of the molecule is Cc1cc(C(C)(O)CNS(=O)(=O)CCC(C)C)c(C)o1. The average Bonchev–Trinajstić information content (AvgIpc) is 2.65. The van der Waals surface area contributed by atoms with Crippen molar-refractivity contribution in [2.75, 3.05) is 12.3 Å². The highest BCUT2D eigenvalue weighted by molar-refractivity contribution is 7.89. The van der Waals surface area contributed by atoms with Crippen LogP contribution in [0.5, 0.6) is 0 Å². The van der Waals surface area contributed by atoms with Gasteiger partial charge in [0, 0.05) is 12.1 Å². The van der Waals surface area contributed by atoms with Gasteiger partial charge in [0.1, 0.15) is 17.1 Å². The minimum atomic E-state index is -3.36. The van der Waals surface area contributed by atoms with Crippen LogP contribution >= 0.6 is 0 Å². The quantitative estimate of drug-likeness (QED) is 0.808. The molecule has 0 aliphatic carbocycles. The van der Waals surface area contributed by atoms with Gasteiger partial charge >= 0.3 is 0 Å². The molecule has 0 saturated heterocycles. The van der Waals surface area contributed by atoms with Crippen molar-refractivity contribution in [3.05, 3.63) is 23.2 Å². The first-order chi connectivity index (χ1) is 9.03. The molecule has 0 aromatic carbocycles. The first-order valence-electron chi connectivity index (χ1n) is 6.81. The minimum Gasteiger partial charge on any atom is -0.466 e. The first-order valence-corrected chi connectivity index (χ1v) is 8.46. The number of hydrogen-bond acceptors (Lipinski definition) is 4. The summed E-state index contributed by atoms with van der Waals surface area (Å²) in [5, 5.41) is 10.4. The van der Waals surface area contributed by atoms with Crippen LogP contribution < -0.4 is 4.72 Å². The number of nitrogens with one attached hydrogen (secondary N) is 1. The molecule has 0 aliphatic heterocycles. The molecule has 0 radical (unpaired) electrons. The lowest BCUT2D eigenvalue weighted by molar-refractivity contribution is 0.0612. The number of sulfonamides is 1. The van der Waals surface area contributed by atoms with Crippen LogP contribution in [0.1, 0.15) is 44.3 Å². The van der Waals surface area contributed by atoms with E-state index in [2.05, 4.69) is 4.72 Å². The minimum absolute atomic E-state index is 0.0623. The molecule has 0 amide bonds. The maximum Gasteiger partial charge on any atom is 0.211 e. The summed E-state index contributed by atoms with van der Waals surface area (Å²) in [6.07, 6.45) is 0.599. The predicted octanol–water partition coefficient (Wildman–Crippen LogP) is 2.07. The van der Waals surface area contributed by atoms with Gasteiger partial charge in [0.05, 0.1) is 5.75 Å². The Labute approximate surface area is 121 Å². The molecule has 0 aliphatic rings. The lowest BCUT2D eigenvalue weighted by Gasteiger charge is -2.23. The fourth-order valence-electron chi connectivity index (χ4n) is 1.97. The van der Waals surface area contributed by atoms with Gasteiger partial charge in [0.15, 0.2) is 0 Å². The van der Waals surface area contributed by atoms with E-state index in [4.69, 9.17) is 4.42 Å². The maximum atomic E-state index is 11.9. The van der Waals surface area contributed by atoms with Crippen LogP contribution in [-0.2, 0) is 15.6 Å². The Kier molecular flexibility index (Phi) is 5.40. The standard InChI is InChI=1S/C14H25NO4S/c1-10(2)6-7-20(17,18)15-9-14(5,16)13-8-11(3)19-12(13)4/h8,10,15-16H,6-7,9H2,1-5H3. The molecule has 20 heavy (non-hydrogen) atoms. The molecule has 6 heteroatoms. The molecule has 1 aromatic rings. The Morgan fingerprint density at radius 3 is 2.45 bits per heavy atom. The zero-order valence-corrected chi connectivity index (χ0v) is 13.7. The van der Waals surface area contributed by atoms with Gasteiger partial charge in [-0.3, -0.25) is 0 Å². The van der Waals surface area contributed by atoms with Crippen molar-refractivity contribution in [2.45, 2.75) is 46.6 Å². The van der Waals surface area contributed by atoms with Crippen molar-refractivity contribution in [1.82, 2.24) is 4.72 Å². The Bertz CT molecular complexity index is 544. The normalized spacial score (nSPS) is 15.6. The number of aryl methyl sites for hydroxylation is 2. The molecule has 2 N–H and O–H groups in total. The predicted molar refractivity (Wildman–Crippen MR) is 79.0 cm³/mol. The zero-order chi connectivity index (χ0) is 15.6. The van der Waals surface area contributed by atoms with E-state index in [-0.39, 0.29) is 12.3 Å². The molecule has 0 saturated carbocycles. The van der Waals surface area contributed by atoms with Gasteiger partial charge in [-0.25, -0.2) is 13.1 Å². The van der Waals surface area contributed by atoms with Crippen LogP contribution in [0.2, 0.25) is 0 Å². The number of rotatable bonds is 7. The highest BCUT2D eigenvalue weighted by Gasteiger charge is 2.29. The van der Waals surface area contributed by atoms with E-state index in [0.717, 1.165) is 0 Å². The third kappa shape index (κ3) is 4.92. The van der Waals surface area contributed by atoms with E-state index in [1.165, 1.54) is 0 Å². The summed E-state index contributed by atoms with van der Waals surface area (Å²) in [6, 6.07) is 1.73.